The highest BCUT2D eigenvalue weighted by Crippen LogP contribution is 2.10. The lowest BCUT2D eigenvalue weighted by Crippen LogP contribution is -2.32. The summed E-state index contributed by atoms with van der Waals surface area (Å²) in [5.41, 5.74) is 0. The maximum atomic E-state index is 11.3. The number of hydrogen-bond acceptors (Lipinski definition) is 4. The van der Waals surface area contributed by atoms with Crippen LogP contribution in [0.3, 0.4) is 0 Å². The summed E-state index contributed by atoms with van der Waals surface area (Å²) in [6.45, 7) is 13.9. The van der Waals surface area contributed by atoms with Gasteiger partial charge in [-0.15, -0.1) is 13.2 Å². The zero-order valence-corrected chi connectivity index (χ0v) is 10.3. The second kappa shape index (κ2) is 8.98. The summed E-state index contributed by atoms with van der Waals surface area (Å²) in [7, 11) is 0. The van der Waals surface area contributed by atoms with Crippen molar-refractivity contribution in [1.29, 1.82) is 0 Å². The topological polar surface area (TPSA) is 52.6 Å². The first-order valence-corrected chi connectivity index (χ1v) is 5.44. The molecule has 0 aliphatic heterocycles. The number of esters is 2. The molecule has 4 heteroatoms. The molecule has 98 valence electrons. The Kier molecular flexibility index (Phi) is 7.94. The van der Waals surface area contributed by atoms with Gasteiger partial charge in [-0.05, 0) is 12.2 Å². The standard InChI is InChI=1S/C14H18O4/c1-5-9-13(15)17-11(7-3)12(8-4)18-14(16)10-6-2/h5-8,11-12H,1-4,9-10H2/t11-,12-/m1/s1. The minimum Gasteiger partial charge on any atom is -0.454 e. The van der Waals surface area contributed by atoms with Crippen molar-refractivity contribution >= 4 is 11.9 Å². The molecule has 0 heterocycles. The normalized spacial score (nSPS) is 12.7. The van der Waals surface area contributed by atoms with Crippen molar-refractivity contribution in [2.75, 3.05) is 0 Å². The maximum Gasteiger partial charge on any atom is 0.310 e. The molecule has 0 unspecified atom stereocenters. The minimum absolute atomic E-state index is 0.0782. The van der Waals surface area contributed by atoms with E-state index < -0.39 is 24.1 Å². The van der Waals surface area contributed by atoms with Crippen molar-refractivity contribution in [2.24, 2.45) is 0 Å². The zero-order valence-electron chi connectivity index (χ0n) is 10.3. The molecule has 0 aromatic carbocycles. The molecule has 0 aromatic heterocycles. The molecule has 0 spiro atoms. The number of carbonyl (C=O) groups excluding carboxylic acids is 2. The van der Waals surface area contributed by atoms with Crippen molar-refractivity contribution in [2.45, 2.75) is 25.0 Å². The van der Waals surface area contributed by atoms with Gasteiger partial charge in [0.05, 0.1) is 12.8 Å². The summed E-state index contributed by atoms with van der Waals surface area (Å²) < 4.78 is 10.1. The Morgan fingerprint density at radius 2 is 1.17 bits per heavy atom. The zero-order chi connectivity index (χ0) is 14.0. The fourth-order valence-electron chi connectivity index (χ4n) is 1.13. The quantitative estimate of drug-likeness (QED) is 0.465. The van der Waals surface area contributed by atoms with Gasteiger partial charge in [0.2, 0.25) is 0 Å². The van der Waals surface area contributed by atoms with Crippen LogP contribution in [0.4, 0.5) is 0 Å². The molecular formula is C14H18O4. The molecule has 0 radical (unpaired) electrons. The van der Waals surface area contributed by atoms with Crippen LogP contribution in [0.1, 0.15) is 12.8 Å². The van der Waals surface area contributed by atoms with E-state index in [0.29, 0.717) is 0 Å². The van der Waals surface area contributed by atoms with E-state index in [-0.39, 0.29) is 12.8 Å². The van der Waals surface area contributed by atoms with E-state index in [1.807, 2.05) is 0 Å². The van der Waals surface area contributed by atoms with E-state index in [0.717, 1.165) is 0 Å². The fourth-order valence-corrected chi connectivity index (χ4v) is 1.13. The lowest BCUT2D eigenvalue weighted by Gasteiger charge is -2.21. The lowest BCUT2D eigenvalue weighted by molar-refractivity contribution is -0.160. The molecule has 0 rings (SSSR count). The van der Waals surface area contributed by atoms with Crippen LogP contribution in [0.5, 0.6) is 0 Å². The summed E-state index contributed by atoms with van der Waals surface area (Å²) >= 11 is 0. The first kappa shape index (κ1) is 15.9. The van der Waals surface area contributed by atoms with E-state index >= 15 is 0 Å². The van der Waals surface area contributed by atoms with Crippen LogP contribution in [0.25, 0.3) is 0 Å². The highest BCUT2D eigenvalue weighted by molar-refractivity contribution is 5.72. The molecule has 0 bridgehead atoms. The Morgan fingerprint density at radius 3 is 1.39 bits per heavy atom. The van der Waals surface area contributed by atoms with Crippen LogP contribution >= 0.6 is 0 Å². The monoisotopic (exact) mass is 250 g/mol. The van der Waals surface area contributed by atoms with Gasteiger partial charge in [0.15, 0.2) is 12.2 Å². The van der Waals surface area contributed by atoms with Crippen molar-refractivity contribution in [3.8, 4) is 0 Å². The van der Waals surface area contributed by atoms with Crippen molar-refractivity contribution in [1.82, 2.24) is 0 Å². The van der Waals surface area contributed by atoms with Crippen LogP contribution in [0.15, 0.2) is 50.6 Å². The Hall–Kier alpha value is -2.10. The van der Waals surface area contributed by atoms with E-state index in [4.69, 9.17) is 9.47 Å². The molecule has 0 saturated carbocycles. The van der Waals surface area contributed by atoms with Gasteiger partial charge in [0.25, 0.3) is 0 Å². The number of rotatable bonds is 9. The lowest BCUT2D eigenvalue weighted by atomic mass is 10.2. The molecule has 2 atom stereocenters. The molecule has 0 N–H and O–H groups in total. The second-order valence-corrected chi connectivity index (χ2v) is 3.37. The van der Waals surface area contributed by atoms with Gasteiger partial charge < -0.3 is 9.47 Å². The highest BCUT2D eigenvalue weighted by atomic mass is 16.6. The second-order valence-electron chi connectivity index (χ2n) is 3.37. The average molecular weight is 250 g/mol. The number of hydrogen-bond donors (Lipinski definition) is 0. The van der Waals surface area contributed by atoms with Crippen molar-refractivity contribution in [3.05, 3.63) is 50.6 Å². The third kappa shape index (κ3) is 5.84. The van der Waals surface area contributed by atoms with E-state index in [1.54, 1.807) is 0 Å². The Labute approximate surface area is 107 Å². The third-order valence-electron chi connectivity index (χ3n) is 1.95. The largest absolute Gasteiger partial charge is 0.454 e. The molecule has 0 saturated heterocycles. The van der Waals surface area contributed by atoms with E-state index in [2.05, 4.69) is 26.3 Å². The molecule has 0 aliphatic carbocycles. The first-order valence-electron chi connectivity index (χ1n) is 5.44. The molecule has 4 nitrogen and oxygen atoms in total. The predicted molar refractivity (Wildman–Crippen MR) is 69.8 cm³/mol. The van der Waals surface area contributed by atoms with Gasteiger partial charge in [-0.25, -0.2) is 0 Å². The summed E-state index contributed by atoms with van der Waals surface area (Å²) in [4.78, 5) is 22.6. The van der Waals surface area contributed by atoms with Gasteiger partial charge in [0.1, 0.15) is 0 Å². The Morgan fingerprint density at radius 1 is 0.833 bits per heavy atom. The van der Waals surface area contributed by atoms with Gasteiger partial charge >= 0.3 is 11.9 Å². The minimum atomic E-state index is -0.760. The SMILES string of the molecule is C=CCC(=O)O[C@H](C=C)[C@@H](C=C)OC(=O)CC=C. The number of ether oxygens (including phenoxy) is 2. The summed E-state index contributed by atoms with van der Waals surface area (Å²) in [5, 5.41) is 0. The number of carbonyl (C=O) groups is 2. The van der Waals surface area contributed by atoms with Crippen LogP contribution in [0.2, 0.25) is 0 Å². The van der Waals surface area contributed by atoms with Gasteiger partial charge in [0, 0.05) is 0 Å². The van der Waals surface area contributed by atoms with Crippen LogP contribution < -0.4 is 0 Å². The van der Waals surface area contributed by atoms with Gasteiger partial charge in [-0.1, -0.05) is 25.3 Å². The van der Waals surface area contributed by atoms with Crippen molar-refractivity contribution < 1.29 is 19.1 Å². The van der Waals surface area contributed by atoms with Gasteiger partial charge in [-0.3, -0.25) is 9.59 Å². The molecular weight excluding hydrogens is 232 g/mol. The van der Waals surface area contributed by atoms with Crippen LogP contribution in [-0.4, -0.2) is 24.1 Å². The van der Waals surface area contributed by atoms with Crippen molar-refractivity contribution in [3.63, 3.8) is 0 Å². The Bertz CT molecular complexity index is 310. The fraction of sp³-hybridized carbons (Fsp3) is 0.286. The summed E-state index contributed by atoms with van der Waals surface area (Å²) in [6, 6.07) is 0. The smallest absolute Gasteiger partial charge is 0.310 e. The first-order chi connectivity index (χ1) is 8.58. The molecule has 0 aliphatic rings. The molecule has 18 heavy (non-hydrogen) atoms. The summed E-state index contributed by atoms with van der Waals surface area (Å²) in [6.07, 6.45) is 4.25. The van der Waals surface area contributed by atoms with Crippen LogP contribution in [0, 0.1) is 0 Å². The third-order valence-corrected chi connectivity index (χ3v) is 1.95. The summed E-state index contributed by atoms with van der Waals surface area (Å²) in [5.74, 6) is -0.942. The van der Waals surface area contributed by atoms with Crippen LogP contribution in [-0.2, 0) is 19.1 Å². The Balaban J connectivity index is 4.56. The van der Waals surface area contributed by atoms with E-state index in [9.17, 15) is 9.59 Å². The molecule has 0 aromatic rings. The predicted octanol–water partition coefficient (Wildman–Crippen LogP) is 2.33. The molecule has 0 amide bonds. The molecule has 0 fully saturated rings. The highest BCUT2D eigenvalue weighted by Gasteiger charge is 2.22. The van der Waals surface area contributed by atoms with Gasteiger partial charge in [-0.2, -0.15) is 0 Å². The average Bonchev–Trinajstić information content (AvgIpc) is 2.34. The maximum absolute atomic E-state index is 11.3. The van der Waals surface area contributed by atoms with E-state index in [1.165, 1.54) is 24.3 Å².